The minimum absolute atomic E-state index is 0.0438. The van der Waals surface area contributed by atoms with Crippen LogP contribution in [0.15, 0.2) is 41.5 Å². The van der Waals surface area contributed by atoms with Gasteiger partial charge in [0.15, 0.2) is 11.5 Å². The first-order chi connectivity index (χ1) is 12.4. The number of carbonyl (C=O) groups is 1. The van der Waals surface area contributed by atoms with Crippen molar-refractivity contribution in [1.29, 1.82) is 0 Å². The largest absolute Gasteiger partial charge is 0.504 e. The number of aromatic hydroxyl groups is 1. The van der Waals surface area contributed by atoms with Gasteiger partial charge in [-0.2, -0.15) is 5.10 Å². The standard InChI is InChI=1S/C19H22ClN3O3/c1-4-15(22-16-7-6-14(20)9-12(16)2)19(25)23-21-11-13-5-8-17(24)18(10-13)26-3/h5-11,15,22,24H,4H2,1-3H3,(H,23,25)/b21-11-/t15-/m0/s1. The molecule has 0 saturated carbocycles. The lowest BCUT2D eigenvalue weighted by Crippen LogP contribution is -2.37. The Labute approximate surface area is 157 Å². The number of rotatable bonds is 7. The summed E-state index contributed by atoms with van der Waals surface area (Å²) in [5.74, 6) is 0.137. The third kappa shape index (κ3) is 5.13. The van der Waals surface area contributed by atoms with Gasteiger partial charge in [-0.1, -0.05) is 18.5 Å². The third-order valence-corrected chi connectivity index (χ3v) is 4.07. The number of benzene rings is 2. The quantitative estimate of drug-likeness (QED) is 0.509. The Hall–Kier alpha value is -2.73. The average Bonchev–Trinajstić information content (AvgIpc) is 2.62. The number of phenolic OH excluding ortho intramolecular Hbond substituents is 1. The molecule has 6 nitrogen and oxygen atoms in total. The number of methoxy groups -OCH3 is 1. The van der Waals surface area contributed by atoms with E-state index in [1.54, 1.807) is 18.2 Å². The molecule has 0 aliphatic carbocycles. The highest BCUT2D eigenvalue weighted by Gasteiger charge is 2.16. The van der Waals surface area contributed by atoms with Gasteiger partial charge in [0.2, 0.25) is 0 Å². The van der Waals surface area contributed by atoms with E-state index in [4.69, 9.17) is 16.3 Å². The van der Waals surface area contributed by atoms with Gasteiger partial charge < -0.3 is 15.2 Å². The first kappa shape index (κ1) is 19.6. The fourth-order valence-corrected chi connectivity index (χ4v) is 2.58. The monoisotopic (exact) mass is 375 g/mol. The Kier molecular flexibility index (Phi) is 6.86. The number of ether oxygens (including phenoxy) is 1. The van der Waals surface area contributed by atoms with E-state index in [-0.39, 0.29) is 11.7 Å². The van der Waals surface area contributed by atoms with Crippen LogP contribution in [0, 0.1) is 6.92 Å². The molecule has 1 amide bonds. The van der Waals surface area contributed by atoms with Crippen LogP contribution < -0.4 is 15.5 Å². The van der Waals surface area contributed by atoms with Crippen molar-refractivity contribution in [2.24, 2.45) is 5.10 Å². The molecule has 26 heavy (non-hydrogen) atoms. The molecule has 0 aliphatic heterocycles. The van der Waals surface area contributed by atoms with Crippen LogP contribution >= 0.6 is 11.6 Å². The van der Waals surface area contributed by atoms with E-state index in [0.717, 1.165) is 11.3 Å². The van der Waals surface area contributed by atoms with E-state index < -0.39 is 6.04 Å². The molecule has 0 aromatic heterocycles. The van der Waals surface area contributed by atoms with Gasteiger partial charge in [-0.15, -0.1) is 0 Å². The highest BCUT2D eigenvalue weighted by atomic mass is 35.5. The lowest BCUT2D eigenvalue weighted by Gasteiger charge is -2.18. The number of phenols is 1. The number of amides is 1. The highest BCUT2D eigenvalue weighted by molar-refractivity contribution is 6.30. The predicted octanol–water partition coefficient (Wildman–Crippen LogP) is 3.70. The third-order valence-electron chi connectivity index (χ3n) is 3.84. The summed E-state index contributed by atoms with van der Waals surface area (Å²) in [6, 6.07) is 9.82. The number of hydrazone groups is 1. The van der Waals surface area contributed by atoms with E-state index >= 15 is 0 Å². The van der Waals surface area contributed by atoms with Crippen LogP contribution in [-0.4, -0.2) is 30.4 Å². The average molecular weight is 376 g/mol. The Morgan fingerprint density at radius 3 is 2.77 bits per heavy atom. The number of anilines is 1. The molecule has 0 unspecified atom stereocenters. The number of halogens is 1. The van der Waals surface area contributed by atoms with E-state index in [1.807, 2.05) is 26.0 Å². The zero-order chi connectivity index (χ0) is 19.1. The molecule has 1 atom stereocenters. The summed E-state index contributed by atoms with van der Waals surface area (Å²) in [4.78, 5) is 12.3. The van der Waals surface area contributed by atoms with Gasteiger partial charge >= 0.3 is 0 Å². The minimum atomic E-state index is -0.429. The van der Waals surface area contributed by atoms with Crippen molar-refractivity contribution in [3.05, 3.63) is 52.5 Å². The Morgan fingerprint density at radius 1 is 1.35 bits per heavy atom. The molecule has 2 aromatic rings. The Balaban J connectivity index is 2.00. The van der Waals surface area contributed by atoms with Crippen LogP contribution in [-0.2, 0) is 4.79 Å². The molecule has 0 spiro atoms. The van der Waals surface area contributed by atoms with Crippen LogP contribution in [0.25, 0.3) is 0 Å². The van der Waals surface area contributed by atoms with Gasteiger partial charge in [-0.05, 0) is 60.9 Å². The molecule has 3 N–H and O–H groups in total. The predicted molar refractivity (Wildman–Crippen MR) is 104 cm³/mol. The second-order valence-corrected chi connectivity index (χ2v) is 6.17. The fourth-order valence-electron chi connectivity index (χ4n) is 2.35. The van der Waals surface area contributed by atoms with E-state index in [9.17, 15) is 9.90 Å². The fraction of sp³-hybridized carbons (Fsp3) is 0.263. The minimum Gasteiger partial charge on any atom is -0.504 e. The van der Waals surface area contributed by atoms with Crippen LogP contribution in [0.4, 0.5) is 5.69 Å². The van der Waals surface area contributed by atoms with Crippen LogP contribution in [0.2, 0.25) is 5.02 Å². The Bertz CT molecular complexity index is 809. The van der Waals surface area contributed by atoms with E-state index in [2.05, 4.69) is 15.8 Å². The van der Waals surface area contributed by atoms with Gasteiger partial charge in [-0.25, -0.2) is 5.43 Å². The van der Waals surface area contributed by atoms with Gasteiger partial charge in [0.05, 0.1) is 13.3 Å². The summed E-state index contributed by atoms with van der Waals surface area (Å²) in [7, 11) is 1.47. The number of aryl methyl sites for hydroxylation is 1. The van der Waals surface area contributed by atoms with Crippen molar-refractivity contribution in [1.82, 2.24) is 5.43 Å². The van der Waals surface area contributed by atoms with Crippen molar-refractivity contribution in [2.45, 2.75) is 26.3 Å². The molecular formula is C19H22ClN3O3. The molecule has 7 heteroatoms. The van der Waals surface area contributed by atoms with Gasteiger partial charge in [0.25, 0.3) is 5.91 Å². The summed E-state index contributed by atoms with van der Waals surface area (Å²) in [5.41, 5.74) is 5.03. The molecule has 0 heterocycles. The maximum absolute atomic E-state index is 12.3. The van der Waals surface area contributed by atoms with Crippen LogP contribution in [0.1, 0.15) is 24.5 Å². The van der Waals surface area contributed by atoms with Crippen LogP contribution in [0.3, 0.4) is 0 Å². The number of nitrogens with zero attached hydrogens (tertiary/aromatic N) is 1. The van der Waals surface area contributed by atoms with Gasteiger partial charge in [0.1, 0.15) is 6.04 Å². The summed E-state index contributed by atoms with van der Waals surface area (Å²) in [6.45, 7) is 3.84. The van der Waals surface area contributed by atoms with E-state index in [1.165, 1.54) is 19.4 Å². The zero-order valence-corrected chi connectivity index (χ0v) is 15.7. The van der Waals surface area contributed by atoms with Crippen molar-refractivity contribution in [3.63, 3.8) is 0 Å². The molecular weight excluding hydrogens is 354 g/mol. The smallest absolute Gasteiger partial charge is 0.262 e. The number of hydrogen-bond donors (Lipinski definition) is 3. The van der Waals surface area contributed by atoms with Crippen LogP contribution in [0.5, 0.6) is 11.5 Å². The molecule has 2 aromatic carbocycles. The maximum Gasteiger partial charge on any atom is 0.262 e. The topological polar surface area (TPSA) is 83.0 Å². The first-order valence-corrected chi connectivity index (χ1v) is 8.55. The second kappa shape index (κ2) is 9.10. The van der Waals surface area contributed by atoms with E-state index in [0.29, 0.717) is 22.8 Å². The number of hydrogen-bond acceptors (Lipinski definition) is 5. The summed E-state index contributed by atoms with van der Waals surface area (Å²) in [6.07, 6.45) is 2.08. The molecule has 0 bridgehead atoms. The summed E-state index contributed by atoms with van der Waals surface area (Å²) < 4.78 is 5.04. The van der Waals surface area contributed by atoms with Gasteiger partial charge in [0, 0.05) is 10.7 Å². The van der Waals surface area contributed by atoms with Gasteiger partial charge in [-0.3, -0.25) is 4.79 Å². The van der Waals surface area contributed by atoms with Crippen molar-refractivity contribution in [2.75, 3.05) is 12.4 Å². The highest BCUT2D eigenvalue weighted by Crippen LogP contribution is 2.25. The molecule has 0 aliphatic rings. The number of carbonyl (C=O) groups excluding carboxylic acids is 1. The van der Waals surface area contributed by atoms with Crippen molar-refractivity contribution >= 4 is 29.4 Å². The maximum atomic E-state index is 12.3. The first-order valence-electron chi connectivity index (χ1n) is 8.17. The Morgan fingerprint density at radius 2 is 2.12 bits per heavy atom. The van der Waals surface area contributed by atoms with Crippen molar-refractivity contribution in [3.8, 4) is 11.5 Å². The second-order valence-electron chi connectivity index (χ2n) is 5.73. The lowest BCUT2D eigenvalue weighted by atomic mass is 10.1. The normalized spacial score (nSPS) is 12.0. The molecule has 0 radical (unpaired) electrons. The SMILES string of the molecule is CC[C@H](Nc1ccc(Cl)cc1C)C(=O)N/N=C\c1ccc(O)c(OC)c1. The molecule has 0 fully saturated rings. The molecule has 0 saturated heterocycles. The number of nitrogens with one attached hydrogen (secondary N) is 2. The summed E-state index contributed by atoms with van der Waals surface area (Å²) >= 11 is 5.96. The van der Waals surface area contributed by atoms with Crippen molar-refractivity contribution < 1.29 is 14.6 Å². The lowest BCUT2D eigenvalue weighted by molar-refractivity contribution is -0.121. The zero-order valence-electron chi connectivity index (χ0n) is 14.9. The summed E-state index contributed by atoms with van der Waals surface area (Å²) in [5, 5.41) is 17.4. The molecule has 2 rings (SSSR count). The molecule has 138 valence electrons.